The molecule has 1 fully saturated rings. The minimum absolute atomic E-state index is 0.0192. The average molecular weight is 270 g/mol. The van der Waals surface area contributed by atoms with Crippen LogP contribution in [-0.2, 0) is 14.8 Å². The fraction of sp³-hybridized carbons (Fsp3) is 0.364. The lowest BCUT2D eigenvalue weighted by atomic mass is 10.2. The van der Waals surface area contributed by atoms with E-state index in [0.29, 0.717) is 5.69 Å². The summed E-state index contributed by atoms with van der Waals surface area (Å²) in [6.45, 7) is 1.80. The molecule has 1 aromatic carbocycles. The number of phenols is 1. The molecular weight excluding hydrogens is 256 g/mol. The van der Waals surface area contributed by atoms with E-state index in [2.05, 4.69) is 0 Å². The van der Waals surface area contributed by atoms with Crippen molar-refractivity contribution >= 4 is 21.6 Å². The lowest BCUT2D eigenvalue weighted by molar-refractivity contribution is -0.117. The SMILES string of the molecule is Cc1ccc(O)c(N2CC(S(N)(=O)=O)CC2=O)c1. The Balaban J connectivity index is 2.35. The van der Waals surface area contributed by atoms with Crippen LogP contribution in [0.3, 0.4) is 0 Å². The number of nitrogens with two attached hydrogens (primary N) is 1. The molecule has 3 N–H and O–H groups in total. The minimum atomic E-state index is -3.74. The molecule has 1 heterocycles. The molecule has 1 atom stereocenters. The highest BCUT2D eigenvalue weighted by molar-refractivity contribution is 7.89. The normalized spacial score (nSPS) is 20.4. The van der Waals surface area contributed by atoms with E-state index in [9.17, 15) is 18.3 Å². The number of anilines is 1. The number of hydrogen-bond donors (Lipinski definition) is 2. The van der Waals surface area contributed by atoms with Gasteiger partial charge < -0.3 is 10.0 Å². The summed E-state index contributed by atoms with van der Waals surface area (Å²) in [6, 6.07) is 4.82. The second kappa shape index (κ2) is 4.25. The van der Waals surface area contributed by atoms with E-state index in [4.69, 9.17) is 5.14 Å². The molecule has 0 radical (unpaired) electrons. The van der Waals surface area contributed by atoms with Crippen LogP contribution in [-0.4, -0.2) is 31.2 Å². The molecule has 0 bridgehead atoms. The number of hydrogen-bond acceptors (Lipinski definition) is 4. The smallest absolute Gasteiger partial charge is 0.228 e. The highest BCUT2D eigenvalue weighted by Crippen LogP contribution is 2.32. The van der Waals surface area contributed by atoms with Crippen LogP contribution >= 0.6 is 0 Å². The Labute approximate surface area is 105 Å². The van der Waals surface area contributed by atoms with Crippen LogP contribution in [0.2, 0.25) is 0 Å². The van der Waals surface area contributed by atoms with Crippen molar-refractivity contribution in [3.8, 4) is 5.75 Å². The highest BCUT2D eigenvalue weighted by Gasteiger charge is 2.37. The molecule has 0 aromatic heterocycles. The van der Waals surface area contributed by atoms with Crippen molar-refractivity contribution in [2.45, 2.75) is 18.6 Å². The van der Waals surface area contributed by atoms with Crippen molar-refractivity contribution in [1.29, 1.82) is 0 Å². The number of carbonyl (C=O) groups is 1. The molecule has 0 aliphatic carbocycles. The highest BCUT2D eigenvalue weighted by atomic mass is 32.2. The summed E-state index contributed by atoms with van der Waals surface area (Å²) in [6.07, 6.45) is -0.147. The van der Waals surface area contributed by atoms with Gasteiger partial charge in [-0.3, -0.25) is 4.79 Å². The molecule has 7 heteroatoms. The predicted octanol–water partition coefficient (Wildman–Crippen LogP) is 0.0944. The van der Waals surface area contributed by atoms with Gasteiger partial charge in [0.25, 0.3) is 0 Å². The van der Waals surface area contributed by atoms with Gasteiger partial charge in [0, 0.05) is 13.0 Å². The minimum Gasteiger partial charge on any atom is -0.506 e. The second-order valence-corrected chi connectivity index (χ2v) is 6.26. The molecule has 0 saturated carbocycles. The fourth-order valence-corrected chi connectivity index (χ4v) is 2.71. The van der Waals surface area contributed by atoms with Crippen LogP contribution < -0.4 is 10.0 Å². The zero-order chi connectivity index (χ0) is 13.5. The van der Waals surface area contributed by atoms with Crippen LogP contribution in [0.1, 0.15) is 12.0 Å². The number of primary sulfonamides is 1. The van der Waals surface area contributed by atoms with Gasteiger partial charge in [-0.1, -0.05) is 6.07 Å². The van der Waals surface area contributed by atoms with Gasteiger partial charge in [0.15, 0.2) is 0 Å². The molecule has 2 rings (SSSR count). The van der Waals surface area contributed by atoms with E-state index < -0.39 is 15.3 Å². The first kappa shape index (κ1) is 12.8. The van der Waals surface area contributed by atoms with Gasteiger partial charge >= 0.3 is 0 Å². The van der Waals surface area contributed by atoms with Gasteiger partial charge in [-0.2, -0.15) is 0 Å². The summed E-state index contributed by atoms with van der Waals surface area (Å²) in [7, 11) is -3.74. The fourth-order valence-electron chi connectivity index (χ4n) is 1.98. The average Bonchev–Trinajstić information content (AvgIpc) is 2.64. The van der Waals surface area contributed by atoms with E-state index in [1.54, 1.807) is 12.1 Å². The quantitative estimate of drug-likeness (QED) is 0.795. The van der Waals surface area contributed by atoms with E-state index in [0.717, 1.165) is 5.56 Å². The Kier molecular flexibility index (Phi) is 3.04. The van der Waals surface area contributed by atoms with Gasteiger partial charge in [0.05, 0.1) is 5.69 Å². The number of amides is 1. The van der Waals surface area contributed by atoms with Crippen molar-refractivity contribution in [2.24, 2.45) is 5.14 Å². The number of aromatic hydroxyl groups is 1. The van der Waals surface area contributed by atoms with E-state index in [-0.39, 0.29) is 24.6 Å². The molecule has 18 heavy (non-hydrogen) atoms. The molecule has 1 aromatic rings. The van der Waals surface area contributed by atoms with Gasteiger partial charge in [-0.05, 0) is 24.6 Å². The molecule has 1 unspecified atom stereocenters. The Bertz CT molecular complexity index is 597. The first-order chi connectivity index (χ1) is 8.29. The van der Waals surface area contributed by atoms with Crippen LogP contribution in [0.4, 0.5) is 5.69 Å². The molecule has 98 valence electrons. The van der Waals surface area contributed by atoms with Gasteiger partial charge in [-0.15, -0.1) is 0 Å². The van der Waals surface area contributed by atoms with Gasteiger partial charge in [0.1, 0.15) is 11.0 Å². The summed E-state index contributed by atoms with van der Waals surface area (Å²) in [4.78, 5) is 13.1. The number of rotatable bonds is 2. The summed E-state index contributed by atoms with van der Waals surface area (Å²) < 4.78 is 22.5. The molecule has 1 aliphatic rings. The van der Waals surface area contributed by atoms with Crippen molar-refractivity contribution in [3.63, 3.8) is 0 Å². The molecular formula is C11H14N2O4S. The van der Waals surface area contributed by atoms with E-state index in [1.165, 1.54) is 11.0 Å². The van der Waals surface area contributed by atoms with E-state index >= 15 is 0 Å². The van der Waals surface area contributed by atoms with Gasteiger partial charge in [-0.25, -0.2) is 13.6 Å². The third-order valence-corrected chi connectivity index (χ3v) is 4.22. The van der Waals surface area contributed by atoms with Gasteiger partial charge in [0.2, 0.25) is 15.9 Å². The molecule has 0 spiro atoms. The maximum atomic E-state index is 11.8. The van der Waals surface area contributed by atoms with Crippen LogP contribution in [0.25, 0.3) is 0 Å². The first-order valence-electron chi connectivity index (χ1n) is 5.40. The van der Waals surface area contributed by atoms with Crippen molar-refractivity contribution < 1.29 is 18.3 Å². The Morgan fingerprint density at radius 2 is 2.11 bits per heavy atom. The first-order valence-corrected chi connectivity index (χ1v) is 7.01. The maximum absolute atomic E-state index is 11.8. The monoisotopic (exact) mass is 270 g/mol. The van der Waals surface area contributed by atoms with Crippen molar-refractivity contribution in [1.82, 2.24) is 0 Å². The third-order valence-electron chi connectivity index (χ3n) is 2.98. The topological polar surface area (TPSA) is 101 Å². The van der Waals surface area contributed by atoms with Crippen LogP contribution in [0.5, 0.6) is 5.75 Å². The number of sulfonamides is 1. The summed E-state index contributed by atoms with van der Waals surface area (Å²) >= 11 is 0. The Morgan fingerprint density at radius 1 is 1.44 bits per heavy atom. The summed E-state index contributed by atoms with van der Waals surface area (Å²) in [5.74, 6) is -0.404. The molecule has 1 amide bonds. The molecule has 6 nitrogen and oxygen atoms in total. The lowest BCUT2D eigenvalue weighted by Gasteiger charge is -2.18. The number of aryl methyl sites for hydroxylation is 1. The lowest BCUT2D eigenvalue weighted by Crippen LogP contribution is -2.32. The van der Waals surface area contributed by atoms with Crippen LogP contribution in [0, 0.1) is 6.92 Å². The summed E-state index contributed by atoms with van der Waals surface area (Å²) in [5, 5.41) is 13.9. The number of carbonyl (C=O) groups excluding carboxylic acids is 1. The van der Waals surface area contributed by atoms with Crippen LogP contribution in [0.15, 0.2) is 18.2 Å². The number of nitrogens with zero attached hydrogens (tertiary/aromatic N) is 1. The Morgan fingerprint density at radius 3 is 2.67 bits per heavy atom. The molecule has 1 saturated heterocycles. The zero-order valence-electron chi connectivity index (χ0n) is 9.83. The predicted molar refractivity (Wildman–Crippen MR) is 66.7 cm³/mol. The summed E-state index contributed by atoms with van der Waals surface area (Å²) in [5.41, 5.74) is 1.20. The molecule has 1 aliphatic heterocycles. The van der Waals surface area contributed by atoms with Crippen molar-refractivity contribution in [2.75, 3.05) is 11.4 Å². The zero-order valence-corrected chi connectivity index (χ0v) is 10.6. The number of phenolic OH excluding ortho intramolecular Hbond substituents is 1. The Hall–Kier alpha value is -1.60. The maximum Gasteiger partial charge on any atom is 0.228 e. The van der Waals surface area contributed by atoms with E-state index in [1.807, 2.05) is 6.92 Å². The van der Waals surface area contributed by atoms with Crippen molar-refractivity contribution in [3.05, 3.63) is 23.8 Å². The number of benzene rings is 1. The second-order valence-electron chi connectivity index (χ2n) is 4.41. The third kappa shape index (κ3) is 2.32. The standard InChI is InChI=1S/C11H14N2O4S/c1-7-2-3-10(14)9(4-7)13-6-8(5-11(13)15)18(12,16)17/h2-4,8,14H,5-6H2,1H3,(H2,12,16,17). The largest absolute Gasteiger partial charge is 0.506 e.